The number of nitrogens with one attached hydrogen (secondary N) is 1. The molecule has 0 aromatic rings. The normalized spacial score (nSPS) is 18.3. The van der Waals surface area contributed by atoms with Crippen LogP contribution in [0.3, 0.4) is 0 Å². The van der Waals surface area contributed by atoms with E-state index in [1.807, 2.05) is 31.1 Å². The minimum Gasteiger partial charge on any atom is -0.295 e. The number of rotatable bonds is 0. The van der Waals surface area contributed by atoms with Crippen LogP contribution in [0.5, 0.6) is 0 Å². The zero-order valence-electron chi connectivity index (χ0n) is 5.48. The second-order valence-electron chi connectivity index (χ2n) is 1.99. The summed E-state index contributed by atoms with van der Waals surface area (Å²) in [6, 6.07) is 0. The molecule has 0 aromatic carbocycles. The smallest absolute Gasteiger partial charge is 0.120 e. The number of allylic oxidation sites excluding steroid dienone is 3. The predicted octanol–water partition coefficient (Wildman–Crippen LogP) is 1.42. The zero-order valence-corrected chi connectivity index (χ0v) is 6.24. The molecule has 1 heterocycles. The molecular formula is C6H9ClN2. The lowest BCUT2D eigenvalue weighted by atomic mass is 10.4. The van der Waals surface area contributed by atoms with Gasteiger partial charge in [-0.25, -0.2) is 0 Å². The molecule has 3 heteroatoms. The number of hydrogen-bond acceptors (Lipinski definition) is 2. The van der Waals surface area contributed by atoms with Gasteiger partial charge in [0.25, 0.3) is 0 Å². The first-order chi connectivity index (χ1) is 4.20. The van der Waals surface area contributed by atoms with Gasteiger partial charge in [-0.15, -0.1) is 0 Å². The highest BCUT2D eigenvalue weighted by Gasteiger charge is 2.02. The minimum atomic E-state index is 0.656. The maximum Gasteiger partial charge on any atom is 0.120 e. The van der Waals surface area contributed by atoms with Gasteiger partial charge in [-0.3, -0.25) is 10.4 Å². The van der Waals surface area contributed by atoms with Gasteiger partial charge in [0, 0.05) is 12.7 Å². The quantitative estimate of drug-likeness (QED) is 0.518. The lowest BCUT2D eigenvalue weighted by molar-refractivity contribution is 0.342. The Balaban J connectivity index is 2.74. The van der Waals surface area contributed by atoms with Crippen LogP contribution in [0, 0.1) is 0 Å². The fourth-order valence-corrected chi connectivity index (χ4v) is 0.781. The van der Waals surface area contributed by atoms with Crippen LogP contribution in [-0.2, 0) is 0 Å². The van der Waals surface area contributed by atoms with Gasteiger partial charge in [-0.05, 0) is 19.1 Å². The van der Waals surface area contributed by atoms with Crippen molar-refractivity contribution in [3.8, 4) is 0 Å². The van der Waals surface area contributed by atoms with Gasteiger partial charge in [-0.2, -0.15) is 0 Å². The summed E-state index contributed by atoms with van der Waals surface area (Å²) in [5, 5.41) is 2.52. The van der Waals surface area contributed by atoms with E-state index in [1.54, 1.807) is 0 Å². The monoisotopic (exact) mass is 144 g/mol. The fraction of sp³-hybridized carbons (Fsp3) is 0.333. The van der Waals surface area contributed by atoms with Crippen molar-refractivity contribution in [2.45, 2.75) is 6.92 Å². The van der Waals surface area contributed by atoms with E-state index in [9.17, 15) is 0 Å². The maximum atomic E-state index is 5.64. The van der Waals surface area contributed by atoms with E-state index in [2.05, 4.69) is 5.43 Å². The van der Waals surface area contributed by atoms with E-state index in [1.165, 1.54) is 0 Å². The summed E-state index contributed by atoms with van der Waals surface area (Å²) in [7, 11) is 1.92. The topological polar surface area (TPSA) is 15.3 Å². The third-order valence-corrected chi connectivity index (χ3v) is 1.48. The van der Waals surface area contributed by atoms with E-state index in [4.69, 9.17) is 11.6 Å². The van der Waals surface area contributed by atoms with E-state index in [-0.39, 0.29) is 0 Å². The van der Waals surface area contributed by atoms with Crippen molar-refractivity contribution in [3.63, 3.8) is 0 Å². The van der Waals surface area contributed by atoms with E-state index >= 15 is 0 Å². The molecule has 1 N–H and O–H groups in total. The summed E-state index contributed by atoms with van der Waals surface area (Å²) in [6.45, 7) is 2.01. The van der Waals surface area contributed by atoms with Crippen molar-refractivity contribution in [1.29, 1.82) is 0 Å². The Bertz CT molecular complexity index is 172. The molecule has 9 heavy (non-hydrogen) atoms. The lowest BCUT2D eigenvalue weighted by Crippen LogP contribution is -2.32. The Morgan fingerprint density at radius 3 is 2.67 bits per heavy atom. The number of hydrogen-bond donors (Lipinski definition) is 1. The number of nitrogens with zero attached hydrogens (tertiary/aromatic N) is 1. The molecule has 0 radical (unpaired) electrons. The van der Waals surface area contributed by atoms with Crippen LogP contribution >= 0.6 is 11.6 Å². The first-order valence-corrected chi connectivity index (χ1v) is 3.12. The van der Waals surface area contributed by atoms with Gasteiger partial charge in [0.05, 0.1) is 0 Å². The first kappa shape index (κ1) is 6.49. The molecule has 0 aromatic heterocycles. The highest BCUT2D eigenvalue weighted by Crippen LogP contribution is 2.08. The van der Waals surface area contributed by atoms with Crippen molar-refractivity contribution in [2.24, 2.45) is 0 Å². The van der Waals surface area contributed by atoms with Gasteiger partial charge < -0.3 is 0 Å². The van der Waals surface area contributed by atoms with Crippen molar-refractivity contribution in [1.82, 2.24) is 10.4 Å². The van der Waals surface area contributed by atoms with Crippen LogP contribution in [0.25, 0.3) is 0 Å². The summed E-state index contributed by atoms with van der Waals surface area (Å²) >= 11 is 5.64. The van der Waals surface area contributed by atoms with Crippen LogP contribution in [0.2, 0.25) is 0 Å². The van der Waals surface area contributed by atoms with Crippen LogP contribution in [0.4, 0.5) is 0 Å². The summed E-state index contributed by atoms with van der Waals surface area (Å²) in [4.78, 5) is 0. The van der Waals surface area contributed by atoms with Crippen LogP contribution in [0.15, 0.2) is 23.0 Å². The van der Waals surface area contributed by atoms with Crippen LogP contribution < -0.4 is 5.43 Å². The summed E-state index contributed by atoms with van der Waals surface area (Å²) in [6.07, 6.45) is 3.79. The highest BCUT2D eigenvalue weighted by molar-refractivity contribution is 6.29. The second-order valence-corrected chi connectivity index (χ2v) is 2.40. The average Bonchev–Trinajstić information content (AvgIpc) is 1.80. The molecule has 0 spiro atoms. The molecule has 0 bridgehead atoms. The molecule has 50 valence electrons. The van der Waals surface area contributed by atoms with Crippen molar-refractivity contribution >= 4 is 11.6 Å². The van der Waals surface area contributed by atoms with Crippen molar-refractivity contribution in [3.05, 3.63) is 23.0 Å². The summed E-state index contributed by atoms with van der Waals surface area (Å²) in [5.41, 5.74) is 4.07. The van der Waals surface area contributed by atoms with E-state index in [0.717, 1.165) is 5.70 Å². The Hall–Kier alpha value is -0.630. The SMILES string of the molecule is CC1=CC=C(Cl)NN1C. The van der Waals surface area contributed by atoms with Gasteiger partial charge in [0.2, 0.25) is 0 Å². The Labute approximate surface area is 59.8 Å². The molecule has 0 unspecified atom stereocenters. The van der Waals surface area contributed by atoms with E-state index < -0.39 is 0 Å². The van der Waals surface area contributed by atoms with Gasteiger partial charge >= 0.3 is 0 Å². The molecule has 1 aliphatic rings. The molecule has 1 aliphatic heterocycles. The molecule has 0 saturated carbocycles. The van der Waals surface area contributed by atoms with E-state index in [0.29, 0.717) is 5.16 Å². The molecule has 0 aliphatic carbocycles. The average molecular weight is 145 g/mol. The summed E-state index contributed by atoms with van der Waals surface area (Å²) in [5.74, 6) is 0. The Morgan fingerprint density at radius 2 is 2.22 bits per heavy atom. The molecule has 0 fully saturated rings. The predicted molar refractivity (Wildman–Crippen MR) is 38.6 cm³/mol. The third kappa shape index (κ3) is 1.39. The third-order valence-electron chi connectivity index (χ3n) is 1.27. The highest BCUT2D eigenvalue weighted by atomic mass is 35.5. The largest absolute Gasteiger partial charge is 0.295 e. The molecule has 0 saturated heterocycles. The zero-order chi connectivity index (χ0) is 6.85. The standard InChI is InChI=1S/C6H9ClN2/c1-5-3-4-6(7)8-9(5)2/h3-4,8H,1-2H3. The van der Waals surface area contributed by atoms with Crippen LogP contribution in [0.1, 0.15) is 6.92 Å². The molecule has 0 atom stereocenters. The molecule has 1 rings (SSSR count). The molecule has 0 amide bonds. The van der Waals surface area contributed by atoms with Crippen LogP contribution in [-0.4, -0.2) is 12.1 Å². The maximum absolute atomic E-state index is 5.64. The Kier molecular flexibility index (Phi) is 1.67. The molecular weight excluding hydrogens is 136 g/mol. The lowest BCUT2D eigenvalue weighted by Gasteiger charge is -2.23. The summed E-state index contributed by atoms with van der Waals surface area (Å²) < 4.78 is 0. The van der Waals surface area contributed by atoms with Crippen molar-refractivity contribution in [2.75, 3.05) is 7.05 Å². The first-order valence-electron chi connectivity index (χ1n) is 2.74. The van der Waals surface area contributed by atoms with Crippen molar-refractivity contribution < 1.29 is 0 Å². The number of halogens is 1. The Morgan fingerprint density at radius 1 is 1.56 bits per heavy atom. The minimum absolute atomic E-state index is 0.656. The van der Waals surface area contributed by atoms with Gasteiger partial charge in [0.1, 0.15) is 5.16 Å². The fourth-order valence-electron chi connectivity index (χ4n) is 0.591. The molecule has 2 nitrogen and oxygen atoms in total. The number of hydrazine groups is 1. The van der Waals surface area contributed by atoms with Gasteiger partial charge in [-0.1, -0.05) is 11.6 Å². The van der Waals surface area contributed by atoms with Gasteiger partial charge in [0.15, 0.2) is 0 Å². The second kappa shape index (κ2) is 2.31.